The number of thiazole rings is 1. The molecule has 0 atom stereocenters. The van der Waals surface area contributed by atoms with Crippen LogP contribution in [-0.2, 0) is 7.05 Å². The van der Waals surface area contributed by atoms with Crippen molar-refractivity contribution in [3.63, 3.8) is 0 Å². The lowest BCUT2D eigenvalue weighted by Crippen LogP contribution is -1.83. The van der Waals surface area contributed by atoms with E-state index in [9.17, 15) is 0 Å². The normalized spacial score (nSPS) is 10.6. The number of nitriles is 1. The molecule has 0 spiro atoms. The summed E-state index contributed by atoms with van der Waals surface area (Å²) in [6.07, 6.45) is 1.79. The average molecular weight is 240 g/mol. The van der Waals surface area contributed by atoms with E-state index < -0.39 is 0 Å². The van der Waals surface area contributed by atoms with E-state index in [1.807, 2.05) is 35.9 Å². The summed E-state index contributed by atoms with van der Waals surface area (Å²) in [5.74, 6) is 0. The van der Waals surface area contributed by atoms with Crippen LogP contribution in [0.1, 0.15) is 5.69 Å². The van der Waals surface area contributed by atoms with Crippen LogP contribution in [-0.4, -0.2) is 14.5 Å². The molecule has 0 unspecified atom stereocenters. The van der Waals surface area contributed by atoms with E-state index in [4.69, 9.17) is 5.26 Å². The molecule has 3 aromatic rings. The number of rotatable bonds is 1. The molecule has 0 aliphatic rings. The molecule has 0 aliphatic heterocycles. The van der Waals surface area contributed by atoms with E-state index in [1.54, 1.807) is 11.7 Å². The molecule has 0 radical (unpaired) electrons. The van der Waals surface area contributed by atoms with Crippen molar-refractivity contribution in [2.45, 2.75) is 0 Å². The summed E-state index contributed by atoms with van der Waals surface area (Å²) in [5, 5.41) is 11.4. The van der Waals surface area contributed by atoms with Crippen LogP contribution in [0.2, 0.25) is 0 Å². The van der Waals surface area contributed by atoms with Gasteiger partial charge in [-0.25, -0.2) is 9.97 Å². The first kappa shape index (κ1) is 10.00. The minimum atomic E-state index is 0.464. The van der Waals surface area contributed by atoms with Crippen molar-refractivity contribution in [3.05, 3.63) is 35.6 Å². The number of aryl methyl sites for hydroxylation is 1. The van der Waals surface area contributed by atoms with E-state index in [2.05, 4.69) is 9.97 Å². The third kappa shape index (κ3) is 1.59. The Hall–Kier alpha value is -2.19. The molecule has 1 aromatic carbocycles. The number of nitrogens with zero attached hydrogens (tertiary/aromatic N) is 4. The molecule has 0 saturated heterocycles. The minimum absolute atomic E-state index is 0.464. The molecule has 0 amide bonds. The molecule has 3 rings (SSSR count). The molecular formula is C12H8N4S. The highest BCUT2D eigenvalue weighted by molar-refractivity contribution is 7.13. The fourth-order valence-electron chi connectivity index (χ4n) is 1.73. The molecule has 0 fully saturated rings. The zero-order chi connectivity index (χ0) is 11.8. The fourth-order valence-corrected chi connectivity index (χ4v) is 2.47. The second kappa shape index (κ2) is 3.68. The number of benzene rings is 1. The predicted molar refractivity (Wildman–Crippen MR) is 66.5 cm³/mol. The van der Waals surface area contributed by atoms with Crippen molar-refractivity contribution in [1.29, 1.82) is 5.26 Å². The van der Waals surface area contributed by atoms with Gasteiger partial charge in [0.15, 0.2) is 5.69 Å². The Morgan fingerprint density at radius 3 is 3.06 bits per heavy atom. The summed E-state index contributed by atoms with van der Waals surface area (Å²) < 4.78 is 1.97. The number of hydrogen-bond acceptors (Lipinski definition) is 4. The molecule has 17 heavy (non-hydrogen) atoms. The molecule has 0 aliphatic carbocycles. The number of fused-ring (bicyclic) bond motifs is 1. The first-order valence-corrected chi connectivity index (χ1v) is 5.93. The van der Waals surface area contributed by atoms with Crippen LogP contribution in [0.4, 0.5) is 0 Å². The summed E-state index contributed by atoms with van der Waals surface area (Å²) >= 11 is 1.47. The van der Waals surface area contributed by atoms with Crippen molar-refractivity contribution in [2.75, 3.05) is 0 Å². The highest BCUT2D eigenvalue weighted by Crippen LogP contribution is 2.26. The first-order chi connectivity index (χ1) is 8.28. The number of imidazole rings is 1. The lowest BCUT2D eigenvalue weighted by atomic mass is 10.2. The summed E-state index contributed by atoms with van der Waals surface area (Å²) in [4.78, 5) is 8.54. The maximum Gasteiger partial charge on any atom is 0.152 e. The van der Waals surface area contributed by atoms with Crippen molar-refractivity contribution >= 4 is 22.4 Å². The smallest absolute Gasteiger partial charge is 0.152 e. The molecule has 4 nitrogen and oxygen atoms in total. The Labute approximate surface area is 102 Å². The van der Waals surface area contributed by atoms with Gasteiger partial charge in [-0.1, -0.05) is 0 Å². The summed E-state index contributed by atoms with van der Waals surface area (Å²) in [7, 11) is 1.96. The first-order valence-electron chi connectivity index (χ1n) is 5.05. The fraction of sp³-hybridized carbons (Fsp3) is 0.0833. The summed E-state index contributed by atoms with van der Waals surface area (Å²) in [6.45, 7) is 0. The lowest BCUT2D eigenvalue weighted by molar-refractivity contribution is 0.948. The second-order valence-corrected chi connectivity index (χ2v) is 4.57. The van der Waals surface area contributed by atoms with Gasteiger partial charge >= 0.3 is 0 Å². The van der Waals surface area contributed by atoms with Crippen LogP contribution in [0.25, 0.3) is 21.6 Å². The van der Waals surface area contributed by atoms with Crippen LogP contribution >= 0.6 is 11.3 Å². The van der Waals surface area contributed by atoms with Crippen LogP contribution < -0.4 is 0 Å². The topological polar surface area (TPSA) is 54.5 Å². The van der Waals surface area contributed by atoms with Crippen LogP contribution in [0.3, 0.4) is 0 Å². The van der Waals surface area contributed by atoms with E-state index in [-0.39, 0.29) is 0 Å². The average Bonchev–Trinajstić information content (AvgIpc) is 2.96. The minimum Gasteiger partial charge on any atom is -0.334 e. The highest BCUT2D eigenvalue weighted by Gasteiger charge is 2.06. The van der Waals surface area contributed by atoms with E-state index in [1.165, 1.54) is 11.3 Å². The van der Waals surface area contributed by atoms with Gasteiger partial charge in [-0.05, 0) is 18.2 Å². The van der Waals surface area contributed by atoms with Crippen molar-refractivity contribution in [3.8, 4) is 16.6 Å². The zero-order valence-corrected chi connectivity index (χ0v) is 9.90. The van der Waals surface area contributed by atoms with Gasteiger partial charge in [0.05, 0.1) is 17.4 Å². The van der Waals surface area contributed by atoms with Crippen LogP contribution in [0.5, 0.6) is 0 Å². The monoisotopic (exact) mass is 240 g/mol. The number of aromatic nitrogens is 3. The Kier molecular flexibility index (Phi) is 2.16. The molecule has 5 heteroatoms. The molecule has 2 heterocycles. The van der Waals surface area contributed by atoms with Gasteiger partial charge in [-0.15, -0.1) is 11.3 Å². The highest BCUT2D eigenvalue weighted by atomic mass is 32.1. The zero-order valence-electron chi connectivity index (χ0n) is 9.08. The lowest BCUT2D eigenvalue weighted by Gasteiger charge is -1.97. The standard InChI is InChI=1S/C12H8N4S/c1-16-7-14-10-4-8(2-3-11(10)16)12-15-9(5-13)6-17-12/h2-4,6-7H,1H3. The van der Waals surface area contributed by atoms with Crippen LogP contribution in [0, 0.1) is 11.3 Å². The second-order valence-electron chi connectivity index (χ2n) is 3.71. The van der Waals surface area contributed by atoms with E-state index in [0.29, 0.717) is 5.69 Å². The van der Waals surface area contributed by atoms with E-state index in [0.717, 1.165) is 21.6 Å². The molecular weight excluding hydrogens is 232 g/mol. The maximum atomic E-state index is 8.75. The molecule has 82 valence electrons. The molecule has 0 N–H and O–H groups in total. The van der Waals surface area contributed by atoms with Gasteiger partial charge in [0.1, 0.15) is 11.1 Å². The van der Waals surface area contributed by atoms with Crippen molar-refractivity contribution in [1.82, 2.24) is 14.5 Å². The van der Waals surface area contributed by atoms with Crippen molar-refractivity contribution < 1.29 is 0 Å². The van der Waals surface area contributed by atoms with Gasteiger partial charge in [0.2, 0.25) is 0 Å². The molecule has 2 aromatic heterocycles. The van der Waals surface area contributed by atoms with Gasteiger partial charge in [0.25, 0.3) is 0 Å². The Morgan fingerprint density at radius 1 is 1.41 bits per heavy atom. The largest absolute Gasteiger partial charge is 0.334 e. The van der Waals surface area contributed by atoms with Gasteiger partial charge in [0, 0.05) is 18.0 Å². The Morgan fingerprint density at radius 2 is 2.29 bits per heavy atom. The summed E-state index contributed by atoms with van der Waals surface area (Å²) in [5.41, 5.74) is 3.50. The third-order valence-corrected chi connectivity index (χ3v) is 3.48. The van der Waals surface area contributed by atoms with Gasteiger partial charge in [-0.2, -0.15) is 5.26 Å². The number of hydrogen-bond donors (Lipinski definition) is 0. The van der Waals surface area contributed by atoms with E-state index >= 15 is 0 Å². The quantitative estimate of drug-likeness (QED) is 0.657. The van der Waals surface area contributed by atoms with Gasteiger partial charge < -0.3 is 4.57 Å². The SMILES string of the molecule is Cn1cnc2cc(-c3nc(C#N)cs3)ccc21. The van der Waals surface area contributed by atoms with Crippen molar-refractivity contribution in [2.24, 2.45) is 7.05 Å². The summed E-state index contributed by atoms with van der Waals surface area (Å²) in [6, 6.07) is 8.06. The van der Waals surface area contributed by atoms with Gasteiger partial charge in [-0.3, -0.25) is 0 Å². The Balaban J connectivity index is 2.15. The van der Waals surface area contributed by atoms with Crippen LogP contribution in [0.15, 0.2) is 29.9 Å². The maximum absolute atomic E-state index is 8.75. The third-order valence-electron chi connectivity index (χ3n) is 2.59. The predicted octanol–water partition coefficient (Wildman–Crippen LogP) is 2.57. The molecule has 0 saturated carbocycles. The molecule has 0 bridgehead atoms. The Bertz CT molecular complexity index is 732.